The number of fused-ring (bicyclic) bond motifs is 1. The predicted octanol–water partition coefficient (Wildman–Crippen LogP) is 1.05. The van der Waals surface area contributed by atoms with Crippen molar-refractivity contribution in [3.63, 3.8) is 0 Å². The van der Waals surface area contributed by atoms with Gasteiger partial charge in [0.2, 0.25) is 0 Å². The summed E-state index contributed by atoms with van der Waals surface area (Å²) in [4.78, 5) is 8.99. The van der Waals surface area contributed by atoms with Crippen molar-refractivity contribution in [2.45, 2.75) is 25.7 Å². The fourth-order valence-electron chi connectivity index (χ4n) is 2.61. The molecule has 1 aromatic heterocycles. The standard InChI is InChI=1S/C15H25N5O/c1-19(2)8-9-20(3)15-12(14(16)18-21)10-11-6-4-5-7-13(11)17-15/h10,21H,4-9H2,1-3H3,(H2,16,18). The number of hydrogen-bond acceptors (Lipinski definition) is 5. The van der Waals surface area contributed by atoms with Crippen LogP contribution in [0.1, 0.15) is 29.7 Å². The van der Waals surface area contributed by atoms with Crippen LogP contribution in [-0.2, 0) is 12.8 Å². The Balaban J connectivity index is 2.36. The van der Waals surface area contributed by atoms with Crippen LogP contribution in [0.4, 0.5) is 5.82 Å². The number of rotatable bonds is 5. The first-order chi connectivity index (χ1) is 10.0. The molecule has 1 aliphatic carbocycles. The Morgan fingerprint density at radius 1 is 1.29 bits per heavy atom. The summed E-state index contributed by atoms with van der Waals surface area (Å²) in [6, 6.07) is 2.04. The second-order valence-corrected chi connectivity index (χ2v) is 5.88. The molecule has 0 amide bonds. The van der Waals surface area contributed by atoms with Gasteiger partial charge in [0.25, 0.3) is 0 Å². The molecule has 1 heterocycles. The zero-order valence-corrected chi connectivity index (χ0v) is 13.1. The molecule has 0 saturated carbocycles. The molecular formula is C15H25N5O. The Morgan fingerprint density at radius 3 is 2.67 bits per heavy atom. The van der Waals surface area contributed by atoms with E-state index in [1.165, 1.54) is 18.4 Å². The summed E-state index contributed by atoms with van der Waals surface area (Å²) >= 11 is 0. The highest BCUT2D eigenvalue weighted by atomic mass is 16.4. The average molecular weight is 291 g/mol. The monoisotopic (exact) mass is 291 g/mol. The van der Waals surface area contributed by atoms with E-state index in [0.29, 0.717) is 0 Å². The number of pyridine rings is 1. The van der Waals surface area contributed by atoms with Gasteiger partial charge in [0.15, 0.2) is 5.84 Å². The fourth-order valence-corrected chi connectivity index (χ4v) is 2.61. The number of nitrogens with zero attached hydrogens (tertiary/aromatic N) is 4. The maximum Gasteiger partial charge on any atom is 0.173 e. The molecule has 0 aromatic carbocycles. The minimum Gasteiger partial charge on any atom is -0.409 e. The molecular weight excluding hydrogens is 266 g/mol. The Morgan fingerprint density at radius 2 is 2.00 bits per heavy atom. The van der Waals surface area contributed by atoms with E-state index in [2.05, 4.69) is 15.0 Å². The van der Waals surface area contributed by atoms with Gasteiger partial charge in [-0.1, -0.05) is 5.16 Å². The van der Waals surface area contributed by atoms with Crippen molar-refractivity contribution in [2.24, 2.45) is 10.9 Å². The molecule has 6 heteroatoms. The van der Waals surface area contributed by atoms with Gasteiger partial charge in [-0.15, -0.1) is 0 Å². The van der Waals surface area contributed by atoms with E-state index in [4.69, 9.17) is 15.9 Å². The Kier molecular flexibility index (Phi) is 5.01. The van der Waals surface area contributed by atoms with Crippen LogP contribution in [0, 0.1) is 0 Å². The summed E-state index contributed by atoms with van der Waals surface area (Å²) in [5, 5.41) is 12.2. The van der Waals surface area contributed by atoms with Crippen molar-refractivity contribution in [1.29, 1.82) is 0 Å². The van der Waals surface area contributed by atoms with Crippen LogP contribution in [0.2, 0.25) is 0 Å². The molecule has 0 fully saturated rings. The van der Waals surface area contributed by atoms with Crippen LogP contribution >= 0.6 is 0 Å². The van der Waals surface area contributed by atoms with Crippen LogP contribution in [0.3, 0.4) is 0 Å². The molecule has 116 valence electrons. The van der Waals surface area contributed by atoms with Crippen molar-refractivity contribution in [1.82, 2.24) is 9.88 Å². The number of likely N-dealkylation sites (N-methyl/N-ethyl adjacent to an activating group) is 2. The van der Waals surface area contributed by atoms with E-state index in [1.807, 2.05) is 27.2 Å². The van der Waals surface area contributed by atoms with Crippen molar-refractivity contribution < 1.29 is 5.21 Å². The summed E-state index contributed by atoms with van der Waals surface area (Å²) in [5.41, 5.74) is 8.95. The highest BCUT2D eigenvalue weighted by Crippen LogP contribution is 2.26. The van der Waals surface area contributed by atoms with Crippen LogP contribution in [0.5, 0.6) is 0 Å². The van der Waals surface area contributed by atoms with Gasteiger partial charge < -0.3 is 20.7 Å². The third-order valence-electron chi connectivity index (χ3n) is 3.91. The molecule has 0 atom stereocenters. The van der Waals surface area contributed by atoms with E-state index >= 15 is 0 Å². The van der Waals surface area contributed by atoms with Crippen molar-refractivity contribution in [3.05, 3.63) is 22.9 Å². The average Bonchev–Trinajstić information content (AvgIpc) is 2.50. The van der Waals surface area contributed by atoms with Crippen LogP contribution in [0.15, 0.2) is 11.2 Å². The lowest BCUT2D eigenvalue weighted by Crippen LogP contribution is -2.31. The molecule has 0 saturated heterocycles. The first-order valence-corrected chi connectivity index (χ1v) is 7.39. The second kappa shape index (κ2) is 6.76. The van der Waals surface area contributed by atoms with Crippen molar-refractivity contribution in [3.8, 4) is 0 Å². The minimum absolute atomic E-state index is 0.127. The number of anilines is 1. The summed E-state index contributed by atoms with van der Waals surface area (Å²) in [5.74, 6) is 0.926. The zero-order valence-electron chi connectivity index (χ0n) is 13.1. The highest BCUT2D eigenvalue weighted by Gasteiger charge is 2.19. The topological polar surface area (TPSA) is 78.0 Å². The maximum absolute atomic E-state index is 9.03. The predicted molar refractivity (Wildman–Crippen MR) is 85.2 cm³/mol. The number of amidine groups is 1. The van der Waals surface area contributed by atoms with E-state index < -0.39 is 0 Å². The number of nitrogens with two attached hydrogens (primary N) is 1. The first-order valence-electron chi connectivity index (χ1n) is 7.39. The number of hydrogen-bond donors (Lipinski definition) is 2. The van der Waals surface area contributed by atoms with Gasteiger partial charge >= 0.3 is 0 Å². The van der Waals surface area contributed by atoms with Gasteiger partial charge in [-0.2, -0.15) is 0 Å². The van der Waals surface area contributed by atoms with Crippen molar-refractivity contribution >= 4 is 11.7 Å². The zero-order chi connectivity index (χ0) is 15.4. The SMILES string of the molecule is CN(C)CCN(C)c1nc2c(cc1C(N)=NO)CCCC2. The van der Waals surface area contributed by atoms with E-state index in [0.717, 1.165) is 43.0 Å². The fraction of sp³-hybridized carbons (Fsp3) is 0.600. The molecule has 0 aliphatic heterocycles. The van der Waals surface area contributed by atoms with E-state index in [9.17, 15) is 0 Å². The molecule has 0 radical (unpaired) electrons. The number of aryl methyl sites for hydroxylation is 2. The molecule has 2 rings (SSSR count). The Labute approximate surface area is 126 Å². The van der Waals surface area contributed by atoms with Crippen LogP contribution in [-0.4, -0.2) is 55.2 Å². The van der Waals surface area contributed by atoms with Crippen LogP contribution in [0.25, 0.3) is 0 Å². The van der Waals surface area contributed by atoms with Gasteiger partial charge in [-0.25, -0.2) is 4.98 Å². The molecule has 0 bridgehead atoms. The van der Waals surface area contributed by atoms with Gasteiger partial charge in [-0.05, 0) is 51.4 Å². The van der Waals surface area contributed by atoms with Gasteiger partial charge in [0, 0.05) is 25.8 Å². The normalized spacial score (nSPS) is 15.1. The largest absolute Gasteiger partial charge is 0.409 e. The summed E-state index contributed by atoms with van der Waals surface area (Å²) in [6.07, 6.45) is 4.40. The first kappa shape index (κ1) is 15.6. The maximum atomic E-state index is 9.03. The van der Waals surface area contributed by atoms with E-state index in [1.54, 1.807) is 0 Å². The molecule has 3 N–H and O–H groups in total. The summed E-state index contributed by atoms with van der Waals surface area (Å²) in [7, 11) is 6.08. The molecule has 1 aliphatic rings. The number of oxime groups is 1. The lowest BCUT2D eigenvalue weighted by Gasteiger charge is -2.25. The number of aromatic nitrogens is 1. The molecule has 0 unspecified atom stereocenters. The highest BCUT2D eigenvalue weighted by molar-refractivity contribution is 6.01. The minimum atomic E-state index is 0.127. The molecule has 0 spiro atoms. The molecule has 6 nitrogen and oxygen atoms in total. The van der Waals surface area contributed by atoms with Crippen molar-refractivity contribution in [2.75, 3.05) is 39.1 Å². The smallest absolute Gasteiger partial charge is 0.173 e. The Bertz CT molecular complexity index is 527. The van der Waals surface area contributed by atoms with Gasteiger partial charge in [0.05, 0.1) is 5.56 Å². The third-order valence-corrected chi connectivity index (χ3v) is 3.91. The quantitative estimate of drug-likeness (QED) is 0.367. The van der Waals surface area contributed by atoms with Crippen LogP contribution < -0.4 is 10.6 Å². The third kappa shape index (κ3) is 3.64. The van der Waals surface area contributed by atoms with Gasteiger partial charge in [-0.3, -0.25) is 0 Å². The summed E-state index contributed by atoms with van der Waals surface area (Å²) < 4.78 is 0. The Hall–Kier alpha value is -1.82. The molecule has 1 aromatic rings. The van der Waals surface area contributed by atoms with E-state index in [-0.39, 0.29) is 5.84 Å². The lowest BCUT2D eigenvalue weighted by molar-refractivity contribution is 0.318. The van der Waals surface area contributed by atoms with Gasteiger partial charge in [0.1, 0.15) is 5.82 Å². The second-order valence-electron chi connectivity index (χ2n) is 5.88. The summed E-state index contributed by atoms with van der Waals surface area (Å²) in [6.45, 7) is 1.76. The lowest BCUT2D eigenvalue weighted by atomic mass is 9.94. The molecule has 21 heavy (non-hydrogen) atoms.